The Balaban J connectivity index is 1.83. The smallest absolute Gasteiger partial charge is 0.418 e. The molecule has 1 aromatic carbocycles. The molecule has 108 valence electrons. The van der Waals surface area contributed by atoms with Crippen LogP contribution in [0.1, 0.15) is 18.4 Å². The van der Waals surface area contributed by atoms with E-state index in [-0.39, 0.29) is 17.5 Å². The summed E-state index contributed by atoms with van der Waals surface area (Å²) in [6.07, 6.45) is 1.84. The Morgan fingerprint density at radius 2 is 2.10 bits per heavy atom. The molecule has 0 aromatic heterocycles. The van der Waals surface area contributed by atoms with Gasteiger partial charge in [0.1, 0.15) is 5.75 Å². The van der Waals surface area contributed by atoms with Crippen LogP contribution < -0.4 is 10.1 Å². The molecule has 1 N–H and O–H groups in total. The van der Waals surface area contributed by atoms with Crippen molar-refractivity contribution in [3.8, 4) is 5.75 Å². The molecule has 1 fully saturated rings. The molecule has 5 heteroatoms. The molecule has 2 aliphatic rings. The molecule has 0 radical (unpaired) electrons. The molecule has 3 unspecified atom stereocenters. The molecule has 0 aliphatic heterocycles. The molecular weight excluding hydrogens is 267 g/mol. The standard InChI is InChI=1S/C15H16F3NO/c1-20-10-5-6-13(12(8-10)15(16,17)18)19-14-7-9-3-2-4-11(9)14/h2,4-6,8-9,11,14,19H,3,7H2,1H3. The van der Waals surface area contributed by atoms with Gasteiger partial charge in [0.15, 0.2) is 0 Å². The van der Waals surface area contributed by atoms with Crippen LogP contribution in [0.4, 0.5) is 18.9 Å². The van der Waals surface area contributed by atoms with Crippen molar-refractivity contribution in [1.82, 2.24) is 0 Å². The van der Waals surface area contributed by atoms with E-state index in [1.807, 2.05) is 0 Å². The average Bonchev–Trinajstić information content (AvgIpc) is 2.76. The number of fused-ring (bicyclic) bond motifs is 1. The van der Waals surface area contributed by atoms with Crippen LogP contribution in [0.5, 0.6) is 5.75 Å². The molecule has 2 nitrogen and oxygen atoms in total. The Morgan fingerprint density at radius 3 is 2.75 bits per heavy atom. The monoisotopic (exact) mass is 283 g/mol. The van der Waals surface area contributed by atoms with Crippen LogP contribution in [0.3, 0.4) is 0 Å². The number of halogens is 3. The summed E-state index contributed by atoms with van der Waals surface area (Å²) in [5, 5.41) is 3.05. The molecule has 0 bridgehead atoms. The van der Waals surface area contributed by atoms with Gasteiger partial charge in [-0.1, -0.05) is 12.2 Å². The fraction of sp³-hybridized carbons (Fsp3) is 0.467. The molecule has 3 rings (SSSR count). The highest BCUT2D eigenvalue weighted by atomic mass is 19.4. The molecule has 2 aliphatic carbocycles. The second-order valence-corrected chi connectivity index (χ2v) is 5.40. The predicted octanol–water partition coefficient (Wildman–Crippen LogP) is 4.09. The summed E-state index contributed by atoms with van der Waals surface area (Å²) in [5.41, 5.74) is -0.524. The minimum absolute atomic E-state index is 0.105. The zero-order valence-electron chi connectivity index (χ0n) is 11.1. The third-order valence-electron chi connectivity index (χ3n) is 4.24. The highest BCUT2D eigenvalue weighted by Gasteiger charge is 2.42. The molecule has 0 amide bonds. The van der Waals surface area contributed by atoms with Crippen molar-refractivity contribution in [2.24, 2.45) is 11.8 Å². The van der Waals surface area contributed by atoms with Gasteiger partial charge in [-0.25, -0.2) is 0 Å². The molecule has 0 saturated heterocycles. The van der Waals surface area contributed by atoms with Gasteiger partial charge < -0.3 is 10.1 Å². The van der Waals surface area contributed by atoms with Crippen LogP contribution >= 0.6 is 0 Å². The average molecular weight is 283 g/mol. The Kier molecular flexibility index (Phi) is 3.15. The van der Waals surface area contributed by atoms with Crippen LogP contribution in [-0.4, -0.2) is 13.2 Å². The molecule has 1 saturated carbocycles. The van der Waals surface area contributed by atoms with E-state index < -0.39 is 11.7 Å². The Labute approximate surface area is 115 Å². The first-order valence-electron chi connectivity index (χ1n) is 6.67. The van der Waals surface area contributed by atoms with Gasteiger partial charge in [-0.15, -0.1) is 0 Å². The van der Waals surface area contributed by atoms with Crippen molar-refractivity contribution in [2.75, 3.05) is 12.4 Å². The summed E-state index contributed by atoms with van der Waals surface area (Å²) in [6, 6.07) is 4.16. The van der Waals surface area contributed by atoms with Gasteiger partial charge in [0.2, 0.25) is 0 Å². The molecule has 0 spiro atoms. The third-order valence-corrected chi connectivity index (χ3v) is 4.24. The van der Waals surface area contributed by atoms with Gasteiger partial charge in [0.05, 0.1) is 12.7 Å². The van der Waals surface area contributed by atoms with E-state index in [9.17, 15) is 13.2 Å². The minimum Gasteiger partial charge on any atom is -0.497 e. The lowest BCUT2D eigenvalue weighted by Crippen LogP contribution is -2.43. The summed E-state index contributed by atoms with van der Waals surface area (Å²) in [4.78, 5) is 0. The summed E-state index contributed by atoms with van der Waals surface area (Å²) in [7, 11) is 1.36. The van der Waals surface area contributed by atoms with Crippen molar-refractivity contribution in [3.05, 3.63) is 35.9 Å². The zero-order chi connectivity index (χ0) is 14.3. The second-order valence-electron chi connectivity index (χ2n) is 5.40. The van der Waals surface area contributed by atoms with Gasteiger partial charge in [-0.3, -0.25) is 0 Å². The van der Waals surface area contributed by atoms with E-state index in [0.29, 0.717) is 11.8 Å². The highest BCUT2D eigenvalue weighted by molar-refractivity contribution is 5.57. The summed E-state index contributed by atoms with van der Waals surface area (Å²) in [6.45, 7) is 0. The van der Waals surface area contributed by atoms with Crippen molar-refractivity contribution >= 4 is 5.69 Å². The van der Waals surface area contributed by atoms with Crippen molar-refractivity contribution < 1.29 is 17.9 Å². The fourth-order valence-corrected chi connectivity index (χ4v) is 3.09. The maximum absolute atomic E-state index is 13.1. The van der Waals surface area contributed by atoms with E-state index in [4.69, 9.17) is 4.74 Å². The normalized spacial score (nSPS) is 27.9. The van der Waals surface area contributed by atoms with Crippen molar-refractivity contribution in [2.45, 2.75) is 25.1 Å². The largest absolute Gasteiger partial charge is 0.497 e. The van der Waals surface area contributed by atoms with E-state index >= 15 is 0 Å². The van der Waals surface area contributed by atoms with Gasteiger partial charge >= 0.3 is 6.18 Å². The van der Waals surface area contributed by atoms with Crippen LogP contribution in [-0.2, 0) is 6.18 Å². The van der Waals surface area contributed by atoms with Gasteiger partial charge in [-0.2, -0.15) is 13.2 Å². The van der Waals surface area contributed by atoms with E-state index in [1.165, 1.54) is 13.2 Å². The van der Waals surface area contributed by atoms with E-state index in [0.717, 1.165) is 18.9 Å². The van der Waals surface area contributed by atoms with Crippen molar-refractivity contribution in [3.63, 3.8) is 0 Å². The predicted molar refractivity (Wildman–Crippen MR) is 70.8 cm³/mol. The Bertz CT molecular complexity index is 538. The van der Waals surface area contributed by atoms with E-state index in [2.05, 4.69) is 17.5 Å². The second kappa shape index (κ2) is 4.72. The first-order chi connectivity index (χ1) is 9.49. The van der Waals surface area contributed by atoms with Gasteiger partial charge in [0.25, 0.3) is 0 Å². The summed E-state index contributed by atoms with van der Waals surface area (Å²) in [5.74, 6) is 1.20. The van der Waals surface area contributed by atoms with E-state index in [1.54, 1.807) is 6.07 Å². The first kappa shape index (κ1) is 13.3. The minimum atomic E-state index is -4.38. The maximum Gasteiger partial charge on any atom is 0.418 e. The Morgan fingerprint density at radius 1 is 1.30 bits per heavy atom. The summed E-state index contributed by atoms with van der Waals surface area (Å²) < 4.78 is 44.2. The number of methoxy groups -OCH3 is 1. The number of ether oxygens (including phenoxy) is 1. The molecule has 20 heavy (non-hydrogen) atoms. The lowest BCUT2D eigenvalue weighted by molar-refractivity contribution is -0.137. The SMILES string of the molecule is COc1ccc(NC2CC3CC=CC32)c(C(F)(F)F)c1. The highest BCUT2D eigenvalue weighted by Crippen LogP contribution is 2.45. The number of allylic oxidation sites excluding steroid dienone is 1. The number of hydrogen-bond donors (Lipinski definition) is 1. The lowest BCUT2D eigenvalue weighted by atomic mass is 9.71. The summed E-state index contributed by atoms with van der Waals surface area (Å²) >= 11 is 0. The topological polar surface area (TPSA) is 21.3 Å². The zero-order valence-corrected chi connectivity index (χ0v) is 11.1. The molecule has 1 aromatic rings. The quantitative estimate of drug-likeness (QED) is 0.844. The van der Waals surface area contributed by atoms with Crippen molar-refractivity contribution in [1.29, 1.82) is 0 Å². The first-order valence-corrected chi connectivity index (χ1v) is 6.67. The van der Waals surface area contributed by atoms with Crippen LogP contribution in [0, 0.1) is 11.8 Å². The molecule has 3 atom stereocenters. The molecule has 0 heterocycles. The van der Waals surface area contributed by atoms with Gasteiger partial charge in [-0.05, 0) is 37.0 Å². The lowest BCUT2D eigenvalue weighted by Gasteiger charge is -2.41. The third kappa shape index (κ3) is 2.25. The number of alkyl halides is 3. The van der Waals surface area contributed by atoms with Crippen LogP contribution in [0.2, 0.25) is 0 Å². The number of nitrogens with one attached hydrogen (secondary N) is 1. The number of benzene rings is 1. The van der Waals surface area contributed by atoms with Crippen LogP contribution in [0.25, 0.3) is 0 Å². The number of hydrogen-bond acceptors (Lipinski definition) is 2. The Hall–Kier alpha value is -1.65. The fourth-order valence-electron chi connectivity index (χ4n) is 3.09. The molecular formula is C15H16F3NO. The van der Waals surface area contributed by atoms with Crippen LogP contribution in [0.15, 0.2) is 30.4 Å². The number of rotatable bonds is 3. The maximum atomic E-state index is 13.1. The number of anilines is 1. The van der Waals surface area contributed by atoms with Gasteiger partial charge in [0, 0.05) is 17.6 Å².